The van der Waals surface area contributed by atoms with Crippen molar-refractivity contribution >= 4 is 11.3 Å². The van der Waals surface area contributed by atoms with Gasteiger partial charge in [0.05, 0.1) is 0 Å². The normalized spacial score (nSPS) is 31.4. The molecule has 2 heteroatoms. The second-order valence-corrected chi connectivity index (χ2v) is 6.74. The number of nitrogens with one attached hydrogen (secondary N) is 1. The van der Waals surface area contributed by atoms with Crippen molar-refractivity contribution in [1.82, 2.24) is 5.32 Å². The summed E-state index contributed by atoms with van der Waals surface area (Å²) in [5, 5.41) is 5.74. The van der Waals surface area contributed by atoms with Crippen LogP contribution < -0.4 is 5.32 Å². The third-order valence-electron chi connectivity index (χ3n) is 4.58. The summed E-state index contributed by atoms with van der Waals surface area (Å²) in [6, 6.07) is 5.10. The van der Waals surface area contributed by atoms with Gasteiger partial charge in [-0.25, -0.2) is 0 Å². The average molecular weight is 251 g/mol. The molecule has 1 aliphatic rings. The molecule has 1 aromatic rings. The molecule has 0 aliphatic heterocycles. The van der Waals surface area contributed by atoms with E-state index in [1.54, 1.807) is 0 Å². The smallest absolute Gasteiger partial charge is 0.0141 e. The first-order chi connectivity index (χ1) is 8.20. The number of hydrogen-bond acceptors (Lipinski definition) is 2. The lowest BCUT2D eigenvalue weighted by Gasteiger charge is -2.36. The highest BCUT2D eigenvalue weighted by Crippen LogP contribution is 2.35. The van der Waals surface area contributed by atoms with E-state index in [2.05, 4.69) is 43.7 Å². The van der Waals surface area contributed by atoms with Gasteiger partial charge < -0.3 is 5.32 Å². The highest BCUT2D eigenvalue weighted by atomic mass is 32.1. The Morgan fingerprint density at radius 2 is 2.18 bits per heavy atom. The summed E-state index contributed by atoms with van der Waals surface area (Å²) in [5.74, 6) is 2.69. The third kappa shape index (κ3) is 3.32. The summed E-state index contributed by atoms with van der Waals surface area (Å²) >= 11 is 1.89. The lowest BCUT2D eigenvalue weighted by Crippen LogP contribution is -2.39. The van der Waals surface area contributed by atoms with Crippen molar-refractivity contribution in [1.29, 1.82) is 0 Å². The van der Waals surface area contributed by atoms with Crippen molar-refractivity contribution in [3.8, 4) is 0 Å². The minimum absolute atomic E-state index is 0.670. The molecule has 0 aromatic carbocycles. The first-order valence-electron chi connectivity index (χ1n) is 6.90. The maximum absolute atomic E-state index is 3.55. The van der Waals surface area contributed by atoms with Crippen LogP contribution in [-0.4, -0.2) is 13.1 Å². The fourth-order valence-corrected chi connectivity index (χ4v) is 3.87. The van der Waals surface area contributed by atoms with E-state index in [1.807, 2.05) is 11.3 Å². The van der Waals surface area contributed by atoms with Crippen molar-refractivity contribution < 1.29 is 0 Å². The number of thiophene rings is 1. The van der Waals surface area contributed by atoms with Crippen LogP contribution >= 0.6 is 11.3 Å². The van der Waals surface area contributed by atoms with Gasteiger partial charge in [-0.2, -0.15) is 0 Å². The van der Waals surface area contributed by atoms with E-state index in [1.165, 1.54) is 30.6 Å². The summed E-state index contributed by atoms with van der Waals surface area (Å²) in [4.78, 5) is 1.52. The quantitative estimate of drug-likeness (QED) is 0.854. The van der Waals surface area contributed by atoms with Crippen LogP contribution in [0.3, 0.4) is 0 Å². The molecule has 0 radical (unpaired) electrons. The Labute approximate surface area is 110 Å². The number of likely N-dealkylation sites (N-methyl/N-ethyl adjacent to an activating group) is 1. The van der Waals surface area contributed by atoms with Gasteiger partial charge in [0.1, 0.15) is 0 Å². The molecule has 4 atom stereocenters. The van der Waals surface area contributed by atoms with Crippen molar-refractivity contribution in [2.75, 3.05) is 7.05 Å². The van der Waals surface area contributed by atoms with E-state index in [4.69, 9.17) is 0 Å². The Hall–Kier alpha value is -0.340. The standard InChI is InChI=1S/C15H25NS/c1-11-6-7-13(9-12(11)2)15(16-3)10-14-5-4-8-17-14/h4-5,8,11-13,15-16H,6-7,9-10H2,1-3H3. The highest BCUT2D eigenvalue weighted by molar-refractivity contribution is 7.09. The molecule has 17 heavy (non-hydrogen) atoms. The lowest BCUT2D eigenvalue weighted by molar-refractivity contribution is 0.174. The van der Waals surface area contributed by atoms with Gasteiger partial charge >= 0.3 is 0 Å². The molecule has 1 nitrogen and oxygen atoms in total. The summed E-state index contributed by atoms with van der Waals surface area (Å²) in [5.41, 5.74) is 0. The first-order valence-corrected chi connectivity index (χ1v) is 7.78. The van der Waals surface area contributed by atoms with Gasteiger partial charge in [0.2, 0.25) is 0 Å². The SMILES string of the molecule is CNC(Cc1cccs1)C1CCC(C)C(C)C1. The van der Waals surface area contributed by atoms with Crippen molar-refractivity contribution in [3.05, 3.63) is 22.4 Å². The number of hydrogen-bond donors (Lipinski definition) is 1. The molecule has 0 bridgehead atoms. The van der Waals surface area contributed by atoms with E-state index in [0.29, 0.717) is 6.04 Å². The van der Waals surface area contributed by atoms with Crippen molar-refractivity contribution in [2.24, 2.45) is 17.8 Å². The van der Waals surface area contributed by atoms with Crippen LogP contribution in [0.4, 0.5) is 0 Å². The fourth-order valence-electron chi connectivity index (χ4n) is 3.10. The van der Waals surface area contributed by atoms with Crippen molar-refractivity contribution in [2.45, 2.75) is 45.6 Å². The van der Waals surface area contributed by atoms with Gasteiger partial charge in [0.25, 0.3) is 0 Å². The molecule has 0 saturated heterocycles. The summed E-state index contributed by atoms with van der Waals surface area (Å²) in [7, 11) is 2.13. The Bertz CT molecular complexity index is 320. The summed E-state index contributed by atoms with van der Waals surface area (Å²) < 4.78 is 0. The van der Waals surface area contributed by atoms with Crippen LogP contribution in [-0.2, 0) is 6.42 Å². The second kappa shape index (κ2) is 6.01. The first kappa shape index (κ1) is 13.1. The van der Waals surface area contributed by atoms with Crippen molar-refractivity contribution in [3.63, 3.8) is 0 Å². The monoisotopic (exact) mass is 251 g/mol. The average Bonchev–Trinajstić information content (AvgIpc) is 2.82. The predicted octanol–water partition coefficient (Wildman–Crippen LogP) is 3.95. The molecule has 0 spiro atoms. The fraction of sp³-hybridized carbons (Fsp3) is 0.733. The maximum Gasteiger partial charge on any atom is 0.0141 e. The maximum atomic E-state index is 3.55. The molecule has 4 unspecified atom stereocenters. The van der Waals surface area contributed by atoms with Gasteiger partial charge in [-0.3, -0.25) is 0 Å². The zero-order chi connectivity index (χ0) is 12.3. The van der Waals surface area contributed by atoms with Crippen LogP contribution in [0.1, 0.15) is 38.0 Å². The van der Waals surface area contributed by atoms with Gasteiger partial charge in [-0.1, -0.05) is 26.3 Å². The van der Waals surface area contributed by atoms with Crippen LogP contribution in [0.5, 0.6) is 0 Å². The number of rotatable bonds is 4. The largest absolute Gasteiger partial charge is 0.316 e. The molecule has 1 N–H and O–H groups in total. The third-order valence-corrected chi connectivity index (χ3v) is 5.48. The van der Waals surface area contributed by atoms with E-state index >= 15 is 0 Å². The Kier molecular flexibility index (Phi) is 4.63. The molecule has 1 fully saturated rings. The molecular weight excluding hydrogens is 226 g/mol. The summed E-state index contributed by atoms with van der Waals surface area (Å²) in [6.07, 6.45) is 5.43. The van der Waals surface area contributed by atoms with Gasteiger partial charge in [0.15, 0.2) is 0 Å². The Balaban J connectivity index is 1.94. The molecule has 1 aromatic heterocycles. The molecule has 1 aliphatic carbocycles. The van der Waals surface area contributed by atoms with E-state index in [-0.39, 0.29) is 0 Å². The Morgan fingerprint density at radius 1 is 1.35 bits per heavy atom. The van der Waals surface area contributed by atoms with Crippen LogP contribution in [0.2, 0.25) is 0 Å². The van der Waals surface area contributed by atoms with Gasteiger partial charge in [-0.15, -0.1) is 11.3 Å². The minimum Gasteiger partial charge on any atom is -0.316 e. The second-order valence-electron chi connectivity index (χ2n) is 5.71. The lowest BCUT2D eigenvalue weighted by atomic mass is 9.72. The van der Waals surface area contributed by atoms with E-state index in [9.17, 15) is 0 Å². The molecule has 2 rings (SSSR count). The van der Waals surface area contributed by atoms with Gasteiger partial charge in [-0.05, 0) is 55.5 Å². The van der Waals surface area contributed by atoms with E-state index in [0.717, 1.165) is 17.8 Å². The van der Waals surface area contributed by atoms with Crippen LogP contribution in [0.25, 0.3) is 0 Å². The van der Waals surface area contributed by atoms with Crippen LogP contribution in [0, 0.1) is 17.8 Å². The molecular formula is C15H25NS. The topological polar surface area (TPSA) is 12.0 Å². The zero-order valence-electron chi connectivity index (χ0n) is 11.3. The predicted molar refractivity (Wildman–Crippen MR) is 76.5 cm³/mol. The van der Waals surface area contributed by atoms with E-state index < -0.39 is 0 Å². The van der Waals surface area contributed by atoms with Gasteiger partial charge in [0, 0.05) is 10.9 Å². The summed E-state index contributed by atoms with van der Waals surface area (Å²) in [6.45, 7) is 4.84. The molecule has 96 valence electrons. The highest BCUT2D eigenvalue weighted by Gasteiger charge is 2.29. The zero-order valence-corrected chi connectivity index (χ0v) is 12.1. The molecule has 1 saturated carbocycles. The molecule has 0 amide bonds. The Morgan fingerprint density at radius 3 is 2.76 bits per heavy atom. The minimum atomic E-state index is 0.670. The molecule has 1 heterocycles. The van der Waals surface area contributed by atoms with Crippen LogP contribution in [0.15, 0.2) is 17.5 Å².